The molecule has 642 valence electrons. The Morgan fingerprint density at radius 2 is 0.675 bits per heavy atom. The molecule has 9 aromatic rings. The van der Waals surface area contributed by atoms with Crippen LogP contribution in [0.4, 0.5) is 17.8 Å². The number of aliphatic hydroxyl groups is 3. The molecule has 9 heterocycles. The topological polar surface area (TPSA) is 378 Å². The summed E-state index contributed by atoms with van der Waals surface area (Å²) >= 11 is 19.4. The van der Waals surface area contributed by atoms with E-state index in [1.807, 2.05) is 91.0 Å². The average Bonchev–Trinajstić information content (AvgIpc) is 1.63. The quantitative estimate of drug-likeness (QED) is 0.0271. The number of halogens is 3. The highest BCUT2D eigenvalue weighted by Gasteiger charge is 2.45. The fourth-order valence-electron chi connectivity index (χ4n) is 17.8. The number of rotatable bonds is 24. The average molecular weight is 1730 g/mol. The van der Waals surface area contributed by atoms with E-state index in [9.17, 15) is 44.1 Å². The second-order valence-corrected chi connectivity index (χ2v) is 33.5. The third-order valence-corrected chi connectivity index (χ3v) is 25.4. The monoisotopic (exact) mass is 1730 g/mol. The van der Waals surface area contributed by atoms with E-state index in [-0.39, 0.29) is 93.0 Å². The standard InChI is InChI=1S/3C30H32ClN5O5/c3*1-40-22-5-4-18-6-9-30(17-37,24(18)13-22)35-26(38)16-36-15-20-3-2-19(12-23(20)28(36)39)27-25(31)14-32-29(34-27)33-21-7-10-41-11-8-21/h3*2-5,12-14,21,37H,6-11,15-17H2,1H3,(H,35,38)(H,32,33,34)/t2*30-;/m10./s1. The molecule has 0 bridgehead atoms. The number of aliphatic hydroxyl groups excluding tert-OH is 3. The highest BCUT2D eigenvalue weighted by atomic mass is 35.5. The number of amides is 6. The normalized spacial score (nSPS) is 20.1. The lowest BCUT2D eigenvalue weighted by molar-refractivity contribution is -0.125. The van der Waals surface area contributed by atoms with Gasteiger partial charge in [-0.2, -0.15) is 0 Å². The molecule has 18 rings (SSSR count). The molecule has 3 atom stereocenters. The molecule has 3 saturated heterocycles. The molecule has 6 amide bonds. The van der Waals surface area contributed by atoms with Crippen molar-refractivity contribution in [3.63, 3.8) is 0 Å². The summed E-state index contributed by atoms with van der Waals surface area (Å²) in [5.74, 6) is 1.69. The van der Waals surface area contributed by atoms with Crippen molar-refractivity contribution in [1.29, 1.82) is 0 Å². The van der Waals surface area contributed by atoms with Crippen LogP contribution in [0.2, 0.25) is 15.1 Å². The first kappa shape index (κ1) is 85.4. The lowest BCUT2D eigenvalue weighted by Gasteiger charge is -2.30. The van der Waals surface area contributed by atoms with Crippen molar-refractivity contribution in [2.24, 2.45) is 0 Å². The van der Waals surface area contributed by atoms with Crippen LogP contribution in [0.3, 0.4) is 0 Å². The van der Waals surface area contributed by atoms with Gasteiger partial charge in [-0.25, -0.2) is 29.9 Å². The molecule has 0 spiro atoms. The summed E-state index contributed by atoms with van der Waals surface area (Å²) in [5.41, 5.74) is 10.7. The van der Waals surface area contributed by atoms with Gasteiger partial charge in [0.15, 0.2) is 0 Å². The number of anilines is 3. The minimum Gasteiger partial charge on any atom is -0.497 e. The maximum absolute atomic E-state index is 13.4. The van der Waals surface area contributed by atoms with Gasteiger partial charge in [0, 0.05) is 111 Å². The molecule has 0 saturated carbocycles. The number of carbonyl (C=O) groups is 6. The van der Waals surface area contributed by atoms with E-state index in [4.69, 9.17) is 63.2 Å². The van der Waals surface area contributed by atoms with Crippen molar-refractivity contribution in [3.8, 4) is 51.0 Å². The van der Waals surface area contributed by atoms with Crippen LogP contribution >= 0.6 is 34.8 Å². The second-order valence-electron chi connectivity index (χ2n) is 32.3. The molecule has 6 aliphatic heterocycles. The number of aryl methyl sites for hydroxylation is 3. The van der Waals surface area contributed by atoms with Gasteiger partial charge < -0.3 is 90.3 Å². The van der Waals surface area contributed by atoms with Crippen LogP contribution in [0.25, 0.3) is 33.8 Å². The molecule has 6 aromatic carbocycles. The first-order valence-corrected chi connectivity index (χ1v) is 42.5. The molecule has 0 radical (unpaired) electrons. The maximum atomic E-state index is 13.4. The predicted octanol–water partition coefficient (Wildman–Crippen LogP) is 9.91. The van der Waals surface area contributed by atoms with Gasteiger partial charge in [0.25, 0.3) is 17.7 Å². The molecule has 3 aromatic heterocycles. The van der Waals surface area contributed by atoms with Crippen molar-refractivity contribution < 1.29 is 72.5 Å². The van der Waals surface area contributed by atoms with Gasteiger partial charge >= 0.3 is 0 Å². The third-order valence-electron chi connectivity index (χ3n) is 24.6. The van der Waals surface area contributed by atoms with E-state index >= 15 is 0 Å². The minimum absolute atomic E-state index is 0.128. The summed E-state index contributed by atoms with van der Waals surface area (Å²) in [6.45, 7) is 3.99. The van der Waals surface area contributed by atoms with Crippen molar-refractivity contribution in [2.45, 2.75) is 131 Å². The van der Waals surface area contributed by atoms with Gasteiger partial charge in [-0.05, 0) is 182 Å². The predicted molar refractivity (Wildman–Crippen MR) is 459 cm³/mol. The molecule has 123 heavy (non-hydrogen) atoms. The first-order valence-electron chi connectivity index (χ1n) is 41.3. The van der Waals surface area contributed by atoms with Crippen molar-refractivity contribution in [3.05, 3.63) is 210 Å². The number of hydrogen-bond donors (Lipinski definition) is 9. The number of benzene rings is 6. The van der Waals surface area contributed by atoms with Crippen LogP contribution in [0.15, 0.2) is 128 Å². The Morgan fingerprint density at radius 3 is 0.935 bits per heavy atom. The Labute approximate surface area is 725 Å². The Morgan fingerprint density at radius 1 is 0.407 bits per heavy atom. The zero-order valence-electron chi connectivity index (χ0n) is 68.3. The van der Waals surface area contributed by atoms with Crippen LogP contribution in [0, 0.1) is 0 Å². The molecule has 9 N–H and O–H groups in total. The molecule has 33 heteroatoms. The summed E-state index contributed by atoms with van der Waals surface area (Å²) in [4.78, 5) is 111. The Hall–Kier alpha value is -11.2. The summed E-state index contributed by atoms with van der Waals surface area (Å²) in [6, 6.07) is 34.4. The highest BCUT2D eigenvalue weighted by molar-refractivity contribution is 6.33. The summed E-state index contributed by atoms with van der Waals surface area (Å²) < 4.78 is 32.3. The van der Waals surface area contributed by atoms with Gasteiger partial charge in [-0.1, -0.05) is 89.4 Å². The van der Waals surface area contributed by atoms with Crippen LogP contribution in [-0.2, 0) is 84.1 Å². The lowest BCUT2D eigenvalue weighted by Crippen LogP contribution is -2.50. The lowest BCUT2D eigenvalue weighted by atomic mass is 9.92. The number of carbonyl (C=O) groups excluding carboxylic acids is 6. The molecule has 9 aliphatic rings. The first-order chi connectivity index (χ1) is 59.7. The van der Waals surface area contributed by atoms with Crippen LogP contribution < -0.4 is 46.1 Å². The van der Waals surface area contributed by atoms with Gasteiger partial charge in [0.05, 0.1) is 109 Å². The molecule has 3 aliphatic carbocycles. The smallest absolute Gasteiger partial charge is 0.254 e. The highest BCUT2D eigenvalue weighted by Crippen LogP contribution is 2.44. The van der Waals surface area contributed by atoms with Gasteiger partial charge in [-0.3, -0.25) is 28.8 Å². The number of nitrogens with one attached hydrogen (secondary N) is 6. The van der Waals surface area contributed by atoms with E-state index in [1.165, 1.54) is 14.7 Å². The Kier molecular flexibility index (Phi) is 25.7. The van der Waals surface area contributed by atoms with E-state index in [1.54, 1.807) is 58.1 Å². The molecule has 1 unspecified atom stereocenters. The zero-order valence-corrected chi connectivity index (χ0v) is 70.6. The van der Waals surface area contributed by atoms with Gasteiger partial charge in [-0.15, -0.1) is 0 Å². The maximum Gasteiger partial charge on any atom is 0.254 e. The van der Waals surface area contributed by atoms with Gasteiger partial charge in [0.2, 0.25) is 35.6 Å². The number of fused-ring (bicyclic) bond motifs is 6. The number of methoxy groups -OCH3 is 3. The fourth-order valence-corrected chi connectivity index (χ4v) is 18.4. The van der Waals surface area contributed by atoms with E-state index in [0.717, 1.165) is 108 Å². The zero-order chi connectivity index (χ0) is 85.7. The van der Waals surface area contributed by atoms with Crippen LogP contribution in [0.1, 0.15) is 139 Å². The summed E-state index contributed by atoms with van der Waals surface area (Å²) in [7, 11) is 4.75. The third kappa shape index (κ3) is 18.3. The van der Waals surface area contributed by atoms with Crippen LogP contribution in [0.5, 0.6) is 17.2 Å². The Balaban J connectivity index is 0.000000137. The molecule has 30 nitrogen and oxygen atoms in total. The number of hydrogen-bond acceptors (Lipinski definition) is 24. The summed E-state index contributed by atoms with van der Waals surface area (Å²) in [5, 5.41) is 51.3. The second kappa shape index (κ2) is 37.1. The number of nitrogens with zero attached hydrogens (tertiary/aromatic N) is 9. The molecular weight excluding hydrogens is 1640 g/mol. The number of ether oxygens (including phenoxy) is 6. The fraction of sp³-hybridized carbons (Fsp3) is 0.400. The van der Waals surface area contributed by atoms with E-state index in [0.29, 0.717) is 179 Å². The molecule has 3 fully saturated rings. The Bertz CT molecular complexity index is 5010. The van der Waals surface area contributed by atoms with Crippen molar-refractivity contribution >= 4 is 88.1 Å². The SMILES string of the molecule is COc1ccc2c(c1)C(CO)(NC(=O)CN1Cc3ccc(-c4nc(NC5CCOCC5)ncc4Cl)cc3C1=O)CC2.COc1ccc2c(c1)[C@@](CO)(NC(=O)CN1Cc3ccc(-c4nc(NC5CCOCC5)ncc4Cl)cc3C1=O)CC2.COc1ccc2c(c1)[C@](CO)(NC(=O)CN1Cc3ccc(-c4nc(NC5CCOCC5)ncc4Cl)cc3C1=O)CC2. The summed E-state index contributed by atoms with van der Waals surface area (Å²) in [6.07, 6.45) is 13.8. The van der Waals surface area contributed by atoms with Crippen LogP contribution in [-0.4, -0.2) is 214 Å². The van der Waals surface area contributed by atoms with Gasteiger partial charge in [0.1, 0.15) is 36.9 Å². The molecular formula is C90H96Cl3N15O15. The van der Waals surface area contributed by atoms with Crippen molar-refractivity contribution in [2.75, 3.05) is 116 Å². The largest absolute Gasteiger partial charge is 0.497 e. The van der Waals surface area contributed by atoms with Crippen molar-refractivity contribution in [1.82, 2.24) is 60.6 Å². The van der Waals surface area contributed by atoms with E-state index < -0.39 is 16.6 Å². The minimum atomic E-state index is -0.913. The number of aromatic nitrogens is 6. The van der Waals surface area contributed by atoms with E-state index in [2.05, 4.69) is 61.8 Å².